The maximum atomic E-state index is 11.4. The maximum absolute atomic E-state index is 11.4. The van der Waals surface area contributed by atoms with Crippen LogP contribution in [0.3, 0.4) is 0 Å². The third kappa shape index (κ3) is 2.76. The van der Waals surface area contributed by atoms with Gasteiger partial charge in [-0.3, -0.25) is 0 Å². The van der Waals surface area contributed by atoms with E-state index in [1.54, 1.807) is 12.1 Å². The second kappa shape index (κ2) is 4.78. The van der Waals surface area contributed by atoms with Crippen molar-refractivity contribution in [1.29, 1.82) is 0 Å². The van der Waals surface area contributed by atoms with E-state index in [0.717, 1.165) is 4.90 Å². The van der Waals surface area contributed by atoms with Crippen molar-refractivity contribution in [3.05, 3.63) is 29.3 Å². The van der Waals surface area contributed by atoms with Crippen molar-refractivity contribution in [1.82, 2.24) is 0 Å². The zero-order valence-corrected chi connectivity index (χ0v) is 10.9. The number of rotatable bonds is 2. The van der Waals surface area contributed by atoms with Crippen LogP contribution in [0.4, 0.5) is 10.5 Å². The van der Waals surface area contributed by atoms with Crippen LogP contribution in [0.25, 0.3) is 0 Å². The average molecular weight is 289 g/mol. The molecule has 0 aromatic heterocycles. The highest BCUT2D eigenvalue weighted by atomic mass is 35.5. The number of carbonyl (C=O) groups is 1. The topological polar surface area (TPSA) is 77.5 Å². The van der Waals surface area contributed by atoms with Crippen molar-refractivity contribution in [2.75, 3.05) is 16.4 Å². The van der Waals surface area contributed by atoms with E-state index >= 15 is 0 Å². The third-order valence-electron chi connectivity index (χ3n) is 2.88. The molecule has 98 valence electrons. The van der Waals surface area contributed by atoms with Crippen LogP contribution in [0.2, 0.25) is 5.02 Å². The van der Waals surface area contributed by atoms with Crippen molar-refractivity contribution >= 4 is 33.2 Å². The number of nitrogens with zero attached hydrogens (tertiary/aromatic N) is 1. The van der Waals surface area contributed by atoms with Gasteiger partial charge in [0.2, 0.25) is 0 Å². The van der Waals surface area contributed by atoms with Crippen molar-refractivity contribution in [2.45, 2.75) is 12.5 Å². The Morgan fingerprint density at radius 1 is 1.33 bits per heavy atom. The molecule has 7 heteroatoms. The summed E-state index contributed by atoms with van der Waals surface area (Å²) in [5.41, 5.74) is 0.376. The second-order valence-electron chi connectivity index (χ2n) is 4.17. The fourth-order valence-corrected chi connectivity index (χ4v) is 3.87. The highest BCUT2D eigenvalue weighted by molar-refractivity contribution is 7.91. The molecular formula is C11H11ClNO4S-. The Morgan fingerprint density at radius 2 is 1.94 bits per heavy atom. The number of sulfone groups is 1. The number of hydrogen-bond donors (Lipinski definition) is 0. The molecule has 1 heterocycles. The van der Waals surface area contributed by atoms with Crippen LogP contribution in [0.5, 0.6) is 0 Å². The van der Waals surface area contributed by atoms with Crippen molar-refractivity contribution in [2.24, 2.45) is 0 Å². The smallest absolute Gasteiger partial charge is 0.152 e. The van der Waals surface area contributed by atoms with Gasteiger partial charge in [-0.05, 0) is 30.7 Å². The summed E-state index contributed by atoms with van der Waals surface area (Å²) in [4.78, 5) is 12.2. The largest absolute Gasteiger partial charge is 0.530 e. The van der Waals surface area contributed by atoms with E-state index in [-0.39, 0.29) is 11.5 Å². The van der Waals surface area contributed by atoms with E-state index in [4.69, 9.17) is 11.6 Å². The number of carbonyl (C=O) groups excluding carboxylic acids is 1. The molecule has 1 atom stereocenters. The summed E-state index contributed by atoms with van der Waals surface area (Å²) < 4.78 is 22.8. The summed E-state index contributed by atoms with van der Waals surface area (Å²) in [5, 5.41) is 11.7. The van der Waals surface area contributed by atoms with Crippen molar-refractivity contribution < 1.29 is 18.3 Å². The minimum absolute atomic E-state index is 0.00896. The summed E-state index contributed by atoms with van der Waals surface area (Å²) in [6.07, 6.45) is -1.11. The minimum atomic E-state index is -3.15. The van der Waals surface area contributed by atoms with Gasteiger partial charge in [0.25, 0.3) is 0 Å². The molecule has 1 saturated heterocycles. The lowest BCUT2D eigenvalue weighted by atomic mass is 10.2. The molecule has 1 aliphatic heterocycles. The van der Waals surface area contributed by atoms with Crippen LogP contribution < -0.4 is 10.0 Å². The van der Waals surface area contributed by atoms with E-state index in [2.05, 4.69) is 0 Å². The Balaban J connectivity index is 2.30. The molecule has 5 nitrogen and oxygen atoms in total. The Morgan fingerprint density at radius 3 is 2.39 bits per heavy atom. The predicted molar refractivity (Wildman–Crippen MR) is 66.4 cm³/mol. The van der Waals surface area contributed by atoms with Crippen LogP contribution in [0.1, 0.15) is 6.42 Å². The van der Waals surface area contributed by atoms with Crippen LogP contribution >= 0.6 is 11.6 Å². The first-order valence-corrected chi connectivity index (χ1v) is 7.55. The standard InChI is InChI=1S/C11H12ClNO4S/c12-8-1-3-9(4-2-8)13(11(14)15)10-5-6-18(16,17)7-10/h1-4,10H,5-7H2,(H,14,15)/p-1. The number of hydrogen-bond acceptors (Lipinski definition) is 4. The molecule has 1 unspecified atom stereocenters. The summed E-state index contributed by atoms with van der Waals surface area (Å²) in [7, 11) is -3.15. The van der Waals surface area contributed by atoms with E-state index < -0.39 is 22.0 Å². The van der Waals surface area contributed by atoms with E-state index in [9.17, 15) is 18.3 Å². The summed E-state index contributed by atoms with van der Waals surface area (Å²) >= 11 is 5.72. The van der Waals surface area contributed by atoms with Gasteiger partial charge in [-0.2, -0.15) is 0 Å². The SMILES string of the molecule is O=C([O-])N(c1ccc(Cl)cc1)C1CCS(=O)(=O)C1. The number of anilines is 1. The molecular weight excluding hydrogens is 278 g/mol. The Kier molecular flexibility index (Phi) is 3.49. The average Bonchev–Trinajstić information content (AvgIpc) is 2.61. The molecule has 1 amide bonds. The maximum Gasteiger partial charge on any atom is 0.152 e. The van der Waals surface area contributed by atoms with E-state index in [1.165, 1.54) is 12.1 Å². The van der Waals surface area contributed by atoms with Gasteiger partial charge >= 0.3 is 0 Å². The van der Waals surface area contributed by atoms with Crippen molar-refractivity contribution in [3.8, 4) is 0 Å². The first-order chi connectivity index (χ1) is 8.39. The zero-order chi connectivity index (χ0) is 13.3. The molecule has 1 aliphatic rings. The summed E-state index contributed by atoms with van der Waals surface area (Å²) in [5.74, 6) is -0.154. The third-order valence-corrected chi connectivity index (χ3v) is 4.88. The molecule has 18 heavy (non-hydrogen) atoms. The highest BCUT2D eigenvalue weighted by Crippen LogP contribution is 2.25. The first-order valence-electron chi connectivity index (χ1n) is 5.35. The molecule has 0 aliphatic carbocycles. The van der Waals surface area contributed by atoms with Crippen LogP contribution in [-0.2, 0) is 9.84 Å². The zero-order valence-electron chi connectivity index (χ0n) is 9.37. The molecule has 0 saturated carbocycles. The molecule has 0 spiro atoms. The normalized spacial score (nSPS) is 21.7. The van der Waals surface area contributed by atoms with Gasteiger partial charge in [-0.25, -0.2) is 8.42 Å². The van der Waals surface area contributed by atoms with Crippen LogP contribution in [0, 0.1) is 0 Å². The number of benzene rings is 1. The molecule has 0 bridgehead atoms. The highest BCUT2D eigenvalue weighted by Gasteiger charge is 2.33. The monoisotopic (exact) mass is 288 g/mol. The molecule has 1 aromatic carbocycles. The molecule has 2 rings (SSSR count). The lowest BCUT2D eigenvalue weighted by Crippen LogP contribution is -2.48. The first kappa shape index (κ1) is 13.2. The molecule has 1 aromatic rings. The van der Waals surface area contributed by atoms with Crippen LogP contribution in [0.15, 0.2) is 24.3 Å². The summed E-state index contributed by atoms with van der Waals surface area (Å²) in [6.45, 7) is 0. The Bertz CT molecular complexity index is 555. The molecule has 0 N–H and O–H groups in total. The quantitative estimate of drug-likeness (QED) is 0.802. The fourth-order valence-electron chi connectivity index (χ4n) is 2.05. The minimum Gasteiger partial charge on any atom is -0.530 e. The number of carboxylic acid groups (broad SMARTS) is 1. The molecule has 1 fully saturated rings. The van der Waals surface area contributed by atoms with E-state index in [0.29, 0.717) is 17.1 Å². The van der Waals surface area contributed by atoms with Gasteiger partial charge in [-0.15, -0.1) is 0 Å². The van der Waals surface area contributed by atoms with Gasteiger partial charge in [0.1, 0.15) is 6.09 Å². The number of halogens is 1. The van der Waals surface area contributed by atoms with Gasteiger partial charge in [0, 0.05) is 10.7 Å². The van der Waals surface area contributed by atoms with Crippen LogP contribution in [-0.4, -0.2) is 32.1 Å². The lowest BCUT2D eigenvalue weighted by molar-refractivity contribution is -0.247. The number of amides is 1. The fraction of sp³-hybridized carbons (Fsp3) is 0.364. The second-order valence-corrected chi connectivity index (χ2v) is 6.83. The Hall–Kier alpha value is -1.27. The van der Waals surface area contributed by atoms with Crippen molar-refractivity contribution in [3.63, 3.8) is 0 Å². The van der Waals surface area contributed by atoms with Gasteiger partial charge in [0.05, 0.1) is 17.5 Å². The Labute approximate surface area is 110 Å². The van der Waals surface area contributed by atoms with Gasteiger partial charge in [-0.1, -0.05) is 11.6 Å². The van der Waals surface area contributed by atoms with Gasteiger partial charge in [0.15, 0.2) is 9.84 Å². The van der Waals surface area contributed by atoms with Gasteiger partial charge < -0.3 is 14.8 Å². The molecule has 0 radical (unpaired) electrons. The predicted octanol–water partition coefficient (Wildman–Crippen LogP) is 0.677. The lowest BCUT2D eigenvalue weighted by Gasteiger charge is -2.30. The summed E-state index contributed by atoms with van der Waals surface area (Å²) in [6, 6.07) is 5.58. The van der Waals surface area contributed by atoms with E-state index in [1.807, 2.05) is 0 Å².